The molecule has 2 rings (SSSR count). The molecule has 2 N–H and O–H groups in total. The van der Waals surface area contributed by atoms with Crippen molar-refractivity contribution in [3.63, 3.8) is 0 Å². The molecule has 1 amide bonds. The molecule has 2 heterocycles. The van der Waals surface area contributed by atoms with Gasteiger partial charge in [-0.05, 0) is 25.1 Å². The molecule has 7 heteroatoms. The van der Waals surface area contributed by atoms with E-state index in [4.69, 9.17) is 0 Å². The van der Waals surface area contributed by atoms with Crippen molar-refractivity contribution in [1.29, 1.82) is 0 Å². The normalized spacial score (nSPS) is 24.9. The highest BCUT2D eigenvalue weighted by atomic mass is 19.4. The fraction of sp³-hybridized carbons (Fsp3) is 0.500. The lowest BCUT2D eigenvalue weighted by molar-refractivity contribution is -0.213. The molecular weight excluding hydrogens is 235 g/mol. The molecule has 1 aliphatic rings. The van der Waals surface area contributed by atoms with Gasteiger partial charge in [-0.3, -0.25) is 14.9 Å². The van der Waals surface area contributed by atoms with Crippen molar-refractivity contribution in [2.45, 2.75) is 12.6 Å². The second-order valence-corrected chi connectivity index (χ2v) is 4.04. The Hall–Kier alpha value is -1.50. The molecule has 0 radical (unpaired) electrons. The maximum Gasteiger partial charge on any atom is 0.404 e. The number of carbonyl (C=O) groups is 1. The van der Waals surface area contributed by atoms with Crippen molar-refractivity contribution < 1.29 is 18.0 Å². The number of rotatable bonds is 2. The number of nitrogens with one attached hydrogen (secondary N) is 2. The Morgan fingerprint density at radius 1 is 1.35 bits per heavy atom. The molecule has 1 saturated heterocycles. The first-order valence-electron chi connectivity index (χ1n) is 5.18. The van der Waals surface area contributed by atoms with Gasteiger partial charge < -0.3 is 5.32 Å². The summed E-state index contributed by atoms with van der Waals surface area (Å²) in [6.45, 7) is -0.178. The Balaban J connectivity index is 2.20. The highest BCUT2D eigenvalue weighted by molar-refractivity contribution is 5.90. The van der Waals surface area contributed by atoms with Gasteiger partial charge in [0.25, 0.3) is 5.91 Å². The molecule has 1 fully saturated rings. The van der Waals surface area contributed by atoms with Gasteiger partial charge in [-0.1, -0.05) is 0 Å². The van der Waals surface area contributed by atoms with E-state index in [0.717, 1.165) is 0 Å². The molecule has 0 spiro atoms. The van der Waals surface area contributed by atoms with Crippen LogP contribution in [0.25, 0.3) is 0 Å². The van der Waals surface area contributed by atoms with Crippen LogP contribution in [0, 0.1) is 5.41 Å². The molecule has 1 aromatic rings. The fourth-order valence-electron chi connectivity index (χ4n) is 1.89. The molecule has 1 aromatic heterocycles. The molecule has 0 bridgehead atoms. The Kier molecular flexibility index (Phi) is 2.86. The number of nitrogens with zero attached hydrogens (tertiary/aromatic N) is 1. The molecule has 1 aliphatic heterocycles. The lowest BCUT2D eigenvalue weighted by atomic mass is 9.85. The zero-order chi connectivity index (χ0) is 12.5. The predicted octanol–water partition coefficient (Wildman–Crippen LogP) is 1.10. The average Bonchev–Trinajstić information content (AvgIpc) is 2.85. The summed E-state index contributed by atoms with van der Waals surface area (Å²) >= 11 is 0. The van der Waals surface area contributed by atoms with E-state index in [1.165, 1.54) is 17.1 Å². The molecular formula is C10H12F3N3O. The molecule has 4 nitrogen and oxygen atoms in total. The fourth-order valence-corrected chi connectivity index (χ4v) is 1.89. The van der Waals surface area contributed by atoms with Crippen LogP contribution in [0.1, 0.15) is 6.42 Å². The van der Waals surface area contributed by atoms with Crippen molar-refractivity contribution in [2.75, 3.05) is 18.5 Å². The van der Waals surface area contributed by atoms with Crippen LogP contribution >= 0.6 is 0 Å². The summed E-state index contributed by atoms with van der Waals surface area (Å²) in [5, 5.41) is 2.59. The Morgan fingerprint density at radius 3 is 2.47 bits per heavy atom. The molecule has 94 valence electrons. The van der Waals surface area contributed by atoms with Gasteiger partial charge in [-0.2, -0.15) is 13.2 Å². The van der Waals surface area contributed by atoms with Crippen LogP contribution in [-0.2, 0) is 4.79 Å². The number of halogens is 3. The van der Waals surface area contributed by atoms with Crippen LogP contribution in [0.3, 0.4) is 0 Å². The summed E-state index contributed by atoms with van der Waals surface area (Å²) in [5.41, 5.74) is -0.0932. The summed E-state index contributed by atoms with van der Waals surface area (Å²) in [5.74, 6) is -1.02. The minimum Gasteiger partial charge on any atom is -0.315 e. The van der Waals surface area contributed by atoms with E-state index in [1.807, 2.05) is 0 Å². The van der Waals surface area contributed by atoms with Crippen LogP contribution in [0.2, 0.25) is 0 Å². The number of aromatic nitrogens is 1. The van der Waals surface area contributed by atoms with Crippen molar-refractivity contribution >= 4 is 5.91 Å². The van der Waals surface area contributed by atoms with Gasteiger partial charge in [-0.15, -0.1) is 0 Å². The van der Waals surface area contributed by atoms with Crippen molar-refractivity contribution in [3.8, 4) is 0 Å². The number of hydrogen-bond acceptors (Lipinski definition) is 2. The summed E-state index contributed by atoms with van der Waals surface area (Å²) in [4.78, 5) is 11.8. The molecule has 1 unspecified atom stereocenters. The van der Waals surface area contributed by atoms with E-state index >= 15 is 0 Å². The largest absolute Gasteiger partial charge is 0.404 e. The standard InChI is InChI=1S/C10H12F3N3O/c11-10(12,13)9(3-4-14-7-9)8(17)15-16-5-1-2-6-16/h1-2,5-6,14H,3-4,7H2,(H,15,17). The summed E-state index contributed by atoms with van der Waals surface area (Å²) < 4.78 is 40.2. The Labute approximate surface area is 95.8 Å². The number of alkyl halides is 3. The summed E-state index contributed by atoms with van der Waals surface area (Å²) in [6.07, 6.45) is -1.83. The van der Waals surface area contributed by atoms with Gasteiger partial charge in [0, 0.05) is 18.9 Å². The molecule has 0 aliphatic carbocycles. The van der Waals surface area contributed by atoms with E-state index in [9.17, 15) is 18.0 Å². The lowest BCUT2D eigenvalue weighted by Gasteiger charge is -2.29. The van der Waals surface area contributed by atoms with Gasteiger partial charge in [-0.25, -0.2) is 0 Å². The van der Waals surface area contributed by atoms with Crippen molar-refractivity contribution in [1.82, 2.24) is 9.99 Å². The topological polar surface area (TPSA) is 46.1 Å². The summed E-state index contributed by atoms with van der Waals surface area (Å²) in [6, 6.07) is 3.24. The van der Waals surface area contributed by atoms with Crippen LogP contribution in [-0.4, -0.2) is 29.8 Å². The summed E-state index contributed by atoms with van der Waals surface area (Å²) in [7, 11) is 0. The van der Waals surface area contributed by atoms with E-state index in [0.29, 0.717) is 0 Å². The zero-order valence-electron chi connectivity index (χ0n) is 8.92. The predicted molar refractivity (Wildman–Crippen MR) is 54.8 cm³/mol. The van der Waals surface area contributed by atoms with E-state index < -0.39 is 17.5 Å². The zero-order valence-corrected chi connectivity index (χ0v) is 8.92. The smallest absolute Gasteiger partial charge is 0.315 e. The maximum atomic E-state index is 13.0. The van der Waals surface area contributed by atoms with Gasteiger partial charge in [0.05, 0.1) is 0 Å². The second-order valence-electron chi connectivity index (χ2n) is 4.04. The first-order valence-corrected chi connectivity index (χ1v) is 5.18. The average molecular weight is 247 g/mol. The molecule has 0 aromatic carbocycles. The van der Waals surface area contributed by atoms with Gasteiger partial charge >= 0.3 is 6.18 Å². The maximum absolute atomic E-state index is 13.0. The SMILES string of the molecule is O=C(Nn1cccc1)C1(C(F)(F)F)CCNC1. The highest BCUT2D eigenvalue weighted by Crippen LogP contribution is 2.43. The van der Waals surface area contributed by atoms with Crippen LogP contribution in [0.15, 0.2) is 24.5 Å². The third-order valence-corrected chi connectivity index (χ3v) is 2.97. The molecule has 1 atom stereocenters. The number of carbonyl (C=O) groups excluding carboxylic acids is 1. The van der Waals surface area contributed by atoms with E-state index in [-0.39, 0.29) is 19.5 Å². The Morgan fingerprint density at radius 2 is 2.00 bits per heavy atom. The first-order chi connectivity index (χ1) is 7.96. The molecule has 17 heavy (non-hydrogen) atoms. The van der Waals surface area contributed by atoms with Gasteiger partial charge in [0.1, 0.15) is 0 Å². The minimum atomic E-state index is -4.55. The van der Waals surface area contributed by atoms with Gasteiger partial charge in [0.2, 0.25) is 0 Å². The van der Waals surface area contributed by atoms with Crippen molar-refractivity contribution in [2.24, 2.45) is 5.41 Å². The minimum absolute atomic E-state index is 0.193. The number of amides is 1. The third kappa shape index (κ3) is 2.02. The van der Waals surface area contributed by atoms with Crippen LogP contribution in [0.4, 0.5) is 13.2 Å². The lowest BCUT2D eigenvalue weighted by Crippen LogP contribution is -2.51. The third-order valence-electron chi connectivity index (χ3n) is 2.97. The highest BCUT2D eigenvalue weighted by Gasteiger charge is 2.61. The van der Waals surface area contributed by atoms with E-state index in [1.54, 1.807) is 12.1 Å². The second kappa shape index (κ2) is 4.06. The number of hydrogen-bond donors (Lipinski definition) is 2. The van der Waals surface area contributed by atoms with Gasteiger partial charge in [0.15, 0.2) is 5.41 Å². The monoisotopic (exact) mass is 247 g/mol. The van der Waals surface area contributed by atoms with E-state index in [2.05, 4.69) is 10.7 Å². The van der Waals surface area contributed by atoms with Crippen LogP contribution < -0.4 is 10.7 Å². The Bertz CT molecular complexity index is 393. The quantitative estimate of drug-likeness (QED) is 0.822. The van der Waals surface area contributed by atoms with Crippen molar-refractivity contribution in [3.05, 3.63) is 24.5 Å². The van der Waals surface area contributed by atoms with Crippen LogP contribution in [0.5, 0.6) is 0 Å². The molecule has 0 saturated carbocycles. The first kappa shape index (κ1) is 12.0.